The van der Waals surface area contributed by atoms with Gasteiger partial charge in [0.1, 0.15) is 0 Å². The Morgan fingerprint density at radius 1 is 1.00 bits per heavy atom. The summed E-state index contributed by atoms with van der Waals surface area (Å²) in [4.78, 5) is 0. The van der Waals surface area contributed by atoms with Crippen molar-refractivity contribution in [1.29, 1.82) is 0 Å². The van der Waals surface area contributed by atoms with Crippen molar-refractivity contribution in [2.75, 3.05) is 29.6 Å². The molecule has 0 spiro atoms. The molecule has 7 nitrogen and oxygen atoms in total. The van der Waals surface area contributed by atoms with E-state index in [1.54, 1.807) is 0 Å². The summed E-state index contributed by atoms with van der Waals surface area (Å²) in [6.45, 7) is 2.19. The molecule has 0 bridgehead atoms. The van der Waals surface area contributed by atoms with E-state index in [4.69, 9.17) is 0 Å². The van der Waals surface area contributed by atoms with Gasteiger partial charge in [0.25, 0.3) is 0 Å². The van der Waals surface area contributed by atoms with Crippen molar-refractivity contribution in [3.8, 4) is 0 Å². The molecule has 0 aromatic carbocycles. The molecule has 0 aliphatic carbocycles. The number of sulfonamides is 1. The minimum atomic E-state index is -3.79. The fraction of sp³-hybridized carbons (Fsp3) is 1.00. The lowest BCUT2D eigenvalue weighted by atomic mass is 10.2. The van der Waals surface area contributed by atoms with Gasteiger partial charge in [0.2, 0.25) is 10.0 Å². The quantitative estimate of drug-likeness (QED) is 0.638. The molecule has 2 aliphatic heterocycles. The molecule has 0 aromatic rings. The normalized spacial score (nSPS) is 30.8. The zero-order valence-corrected chi connectivity index (χ0v) is 15.1. The van der Waals surface area contributed by atoms with Crippen LogP contribution < -0.4 is 0 Å². The lowest BCUT2D eigenvalue weighted by Crippen LogP contribution is -2.46. The lowest BCUT2D eigenvalue weighted by Gasteiger charge is -2.29. The van der Waals surface area contributed by atoms with Crippen LogP contribution in [0.2, 0.25) is 0 Å². The summed E-state index contributed by atoms with van der Waals surface area (Å²) in [5.41, 5.74) is 0. The van der Waals surface area contributed by atoms with Crippen molar-refractivity contribution in [1.82, 2.24) is 4.31 Å². The maximum absolute atomic E-state index is 12.8. The number of nitrogens with zero attached hydrogens (tertiary/aromatic N) is 1. The molecule has 10 heteroatoms. The van der Waals surface area contributed by atoms with Crippen LogP contribution in [0.3, 0.4) is 0 Å². The van der Waals surface area contributed by atoms with E-state index in [0.717, 1.165) is 6.42 Å². The predicted molar refractivity (Wildman–Crippen MR) is 84.7 cm³/mol. The first-order valence-electron chi connectivity index (χ1n) is 7.49. The Morgan fingerprint density at radius 2 is 1.59 bits per heavy atom. The van der Waals surface area contributed by atoms with Gasteiger partial charge in [0, 0.05) is 12.6 Å². The first kappa shape index (κ1) is 18.2. The molecular weight excluding hydrogens is 350 g/mol. The summed E-state index contributed by atoms with van der Waals surface area (Å²) in [6, 6.07) is -0.551. The number of sulfone groups is 2. The van der Waals surface area contributed by atoms with Crippen molar-refractivity contribution in [3.63, 3.8) is 0 Å². The molecule has 2 atom stereocenters. The molecule has 2 unspecified atom stereocenters. The number of hydrogen-bond donors (Lipinski definition) is 0. The van der Waals surface area contributed by atoms with Crippen LogP contribution in [0.5, 0.6) is 0 Å². The molecule has 0 amide bonds. The zero-order chi connectivity index (χ0) is 16.6. The summed E-state index contributed by atoms with van der Waals surface area (Å²) in [6.07, 6.45) is 1.82. The maximum atomic E-state index is 12.8. The second kappa shape index (κ2) is 6.37. The van der Waals surface area contributed by atoms with Crippen LogP contribution in [-0.2, 0) is 29.7 Å². The molecular formula is C12H23NO6S3. The van der Waals surface area contributed by atoms with E-state index < -0.39 is 41.0 Å². The smallest absolute Gasteiger partial charge is 0.218 e. The molecule has 2 saturated heterocycles. The van der Waals surface area contributed by atoms with Gasteiger partial charge >= 0.3 is 0 Å². The first-order chi connectivity index (χ1) is 10.1. The van der Waals surface area contributed by atoms with Crippen LogP contribution in [0.1, 0.15) is 32.6 Å². The van der Waals surface area contributed by atoms with Gasteiger partial charge in [0.15, 0.2) is 19.7 Å². The highest BCUT2D eigenvalue weighted by molar-refractivity contribution is 7.95. The topological polar surface area (TPSA) is 106 Å². The lowest BCUT2D eigenvalue weighted by molar-refractivity contribution is 0.331. The monoisotopic (exact) mass is 373 g/mol. The Kier molecular flexibility index (Phi) is 5.25. The highest BCUT2D eigenvalue weighted by Crippen LogP contribution is 2.28. The van der Waals surface area contributed by atoms with Gasteiger partial charge in [-0.25, -0.2) is 25.3 Å². The molecule has 2 heterocycles. The van der Waals surface area contributed by atoms with Gasteiger partial charge in [0.05, 0.1) is 28.3 Å². The maximum Gasteiger partial charge on any atom is 0.218 e. The van der Waals surface area contributed by atoms with Crippen molar-refractivity contribution >= 4 is 29.7 Å². The second-order valence-corrected chi connectivity index (χ2v) is 12.7. The third-order valence-electron chi connectivity index (χ3n) is 4.29. The minimum absolute atomic E-state index is 0.00121. The van der Waals surface area contributed by atoms with Crippen LogP contribution in [-0.4, -0.2) is 70.4 Å². The van der Waals surface area contributed by atoms with Crippen molar-refractivity contribution in [2.45, 2.75) is 43.9 Å². The van der Waals surface area contributed by atoms with Gasteiger partial charge in [-0.1, -0.05) is 13.3 Å². The van der Waals surface area contributed by atoms with E-state index >= 15 is 0 Å². The molecule has 0 aromatic heterocycles. The van der Waals surface area contributed by atoms with Crippen LogP contribution in [0.15, 0.2) is 0 Å². The van der Waals surface area contributed by atoms with Gasteiger partial charge < -0.3 is 0 Å². The van der Waals surface area contributed by atoms with Crippen molar-refractivity contribution in [2.24, 2.45) is 0 Å². The van der Waals surface area contributed by atoms with Crippen LogP contribution in [0.4, 0.5) is 0 Å². The Balaban J connectivity index is 2.24. The highest BCUT2D eigenvalue weighted by atomic mass is 32.2. The van der Waals surface area contributed by atoms with Gasteiger partial charge in [-0.15, -0.1) is 0 Å². The van der Waals surface area contributed by atoms with Crippen LogP contribution in [0, 0.1) is 0 Å². The Hall–Kier alpha value is -0.190. The molecule has 2 fully saturated rings. The summed E-state index contributed by atoms with van der Waals surface area (Å²) in [5, 5.41) is -0.933. The van der Waals surface area contributed by atoms with Crippen molar-refractivity contribution in [3.05, 3.63) is 0 Å². The molecule has 2 aliphatic rings. The number of rotatable bonds is 6. The van der Waals surface area contributed by atoms with Crippen LogP contribution >= 0.6 is 0 Å². The van der Waals surface area contributed by atoms with Crippen molar-refractivity contribution < 1.29 is 25.3 Å². The Morgan fingerprint density at radius 3 is 2.05 bits per heavy atom. The Bertz CT molecular complexity index is 710. The molecule has 130 valence electrons. The van der Waals surface area contributed by atoms with E-state index in [1.807, 2.05) is 6.92 Å². The fourth-order valence-electron chi connectivity index (χ4n) is 3.02. The molecule has 22 heavy (non-hydrogen) atoms. The standard InChI is InChI=1S/C12H23NO6S3/c1-2-3-6-13(11-4-7-20(14,15)9-11)22(18,19)12-5-8-21(16,17)10-12/h11-12H,2-10H2,1H3. The first-order valence-corrected chi connectivity index (χ1v) is 12.6. The molecule has 2 rings (SSSR count). The number of unbranched alkanes of at least 4 members (excludes halogenated alkanes) is 1. The summed E-state index contributed by atoms with van der Waals surface area (Å²) in [7, 11) is -10.3. The highest BCUT2D eigenvalue weighted by Gasteiger charge is 2.44. The van der Waals surface area contributed by atoms with E-state index in [-0.39, 0.29) is 36.0 Å². The van der Waals surface area contributed by atoms with E-state index in [9.17, 15) is 25.3 Å². The summed E-state index contributed by atoms with van der Waals surface area (Å²) in [5.74, 6) is -0.618. The van der Waals surface area contributed by atoms with Gasteiger partial charge in [-0.3, -0.25) is 0 Å². The third-order valence-corrected chi connectivity index (χ3v) is 10.4. The fourth-order valence-corrected chi connectivity index (χ4v) is 9.63. The van der Waals surface area contributed by atoms with Gasteiger partial charge in [-0.05, 0) is 19.3 Å². The molecule has 0 N–H and O–H groups in total. The molecule has 0 saturated carbocycles. The Labute approximate surface area is 133 Å². The zero-order valence-electron chi connectivity index (χ0n) is 12.6. The average Bonchev–Trinajstić information content (AvgIpc) is 2.92. The predicted octanol–water partition coefficient (Wildman–Crippen LogP) is -0.207. The SMILES string of the molecule is CCCCN(C1CCS(=O)(=O)C1)S(=O)(=O)C1CCS(=O)(=O)C1. The summed E-state index contributed by atoms with van der Waals surface area (Å²) >= 11 is 0. The third kappa shape index (κ3) is 4.01. The average molecular weight is 374 g/mol. The van der Waals surface area contributed by atoms with E-state index in [2.05, 4.69) is 0 Å². The minimum Gasteiger partial charge on any atom is -0.229 e. The van der Waals surface area contributed by atoms with E-state index in [1.165, 1.54) is 4.31 Å². The number of hydrogen-bond acceptors (Lipinski definition) is 6. The van der Waals surface area contributed by atoms with E-state index in [0.29, 0.717) is 12.8 Å². The molecule has 0 radical (unpaired) electrons. The van der Waals surface area contributed by atoms with Crippen LogP contribution in [0.25, 0.3) is 0 Å². The summed E-state index contributed by atoms with van der Waals surface area (Å²) < 4.78 is 73.3. The largest absolute Gasteiger partial charge is 0.229 e. The second-order valence-electron chi connectivity index (χ2n) is 6.09. The van der Waals surface area contributed by atoms with Gasteiger partial charge in [-0.2, -0.15) is 4.31 Å².